The number of aryl methyl sites for hydroxylation is 1. The van der Waals surface area contributed by atoms with Crippen LogP contribution in [0.1, 0.15) is 30.9 Å². The number of nitrogens with zero attached hydrogens (tertiary/aromatic N) is 2. The zero-order valence-corrected chi connectivity index (χ0v) is 10.8. The quantitative estimate of drug-likeness (QED) is 0.898. The standard InChI is InChI=1S/C14H17N3O/c1-9(2)11-5-4-10(3)12(8-11)18-13-6-7-16-14(15)17-13/h4-9H,1-3H3,(H2,15,16,17). The van der Waals surface area contributed by atoms with Gasteiger partial charge >= 0.3 is 0 Å². The fraction of sp³-hybridized carbons (Fsp3) is 0.286. The van der Waals surface area contributed by atoms with E-state index in [1.807, 2.05) is 13.0 Å². The van der Waals surface area contributed by atoms with Crippen LogP contribution < -0.4 is 10.5 Å². The zero-order chi connectivity index (χ0) is 13.1. The molecule has 0 radical (unpaired) electrons. The molecule has 2 N–H and O–H groups in total. The first-order chi connectivity index (χ1) is 8.56. The van der Waals surface area contributed by atoms with Crippen molar-refractivity contribution in [2.45, 2.75) is 26.7 Å². The minimum atomic E-state index is 0.213. The summed E-state index contributed by atoms with van der Waals surface area (Å²) in [5, 5.41) is 0. The van der Waals surface area contributed by atoms with Crippen molar-refractivity contribution in [3.05, 3.63) is 41.6 Å². The number of aromatic nitrogens is 2. The van der Waals surface area contributed by atoms with E-state index in [0.29, 0.717) is 11.8 Å². The molecule has 0 aliphatic rings. The van der Waals surface area contributed by atoms with Crippen molar-refractivity contribution in [2.24, 2.45) is 0 Å². The van der Waals surface area contributed by atoms with Crippen molar-refractivity contribution in [2.75, 3.05) is 5.73 Å². The number of rotatable bonds is 3. The van der Waals surface area contributed by atoms with Gasteiger partial charge in [-0.25, -0.2) is 4.98 Å². The third-order valence-electron chi connectivity index (χ3n) is 2.74. The highest BCUT2D eigenvalue weighted by Gasteiger charge is 2.06. The third-order valence-corrected chi connectivity index (χ3v) is 2.74. The van der Waals surface area contributed by atoms with E-state index in [0.717, 1.165) is 11.3 Å². The first kappa shape index (κ1) is 12.4. The Labute approximate surface area is 107 Å². The molecule has 4 heteroatoms. The Hall–Kier alpha value is -2.10. The molecule has 0 saturated carbocycles. The first-order valence-corrected chi connectivity index (χ1v) is 5.93. The van der Waals surface area contributed by atoms with Crippen molar-refractivity contribution < 1.29 is 4.74 Å². The van der Waals surface area contributed by atoms with Crippen LogP contribution in [-0.2, 0) is 0 Å². The topological polar surface area (TPSA) is 61.0 Å². The summed E-state index contributed by atoms with van der Waals surface area (Å²) in [6.45, 7) is 6.30. The van der Waals surface area contributed by atoms with Crippen LogP contribution in [-0.4, -0.2) is 9.97 Å². The van der Waals surface area contributed by atoms with Gasteiger partial charge in [-0.15, -0.1) is 0 Å². The lowest BCUT2D eigenvalue weighted by Crippen LogP contribution is -1.97. The normalized spacial score (nSPS) is 10.7. The zero-order valence-electron chi connectivity index (χ0n) is 10.8. The van der Waals surface area contributed by atoms with E-state index in [9.17, 15) is 0 Å². The van der Waals surface area contributed by atoms with Gasteiger partial charge in [-0.3, -0.25) is 0 Å². The number of anilines is 1. The van der Waals surface area contributed by atoms with Gasteiger partial charge in [0.15, 0.2) is 0 Å². The van der Waals surface area contributed by atoms with Crippen molar-refractivity contribution >= 4 is 5.95 Å². The van der Waals surface area contributed by atoms with Crippen LogP contribution >= 0.6 is 0 Å². The maximum atomic E-state index is 5.75. The molecule has 94 valence electrons. The lowest BCUT2D eigenvalue weighted by Gasteiger charge is -2.11. The summed E-state index contributed by atoms with van der Waals surface area (Å²) in [6.07, 6.45) is 1.58. The molecule has 0 saturated heterocycles. The molecule has 0 aliphatic carbocycles. The van der Waals surface area contributed by atoms with E-state index in [-0.39, 0.29) is 5.95 Å². The van der Waals surface area contributed by atoms with Crippen molar-refractivity contribution in [3.63, 3.8) is 0 Å². The van der Waals surface area contributed by atoms with E-state index >= 15 is 0 Å². The molecule has 0 aliphatic heterocycles. The SMILES string of the molecule is Cc1ccc(C(C)C)cc1Oc1ccnc(N)n1. The van der Waals surface area contributed by atoms with Gasteiger partial charge in [-0.05, 0) is 30.0 Å². The van der Waals surface area contributed by atoms with Crippen molar-refractivity contribution in [1.29, 1.82) is 0 Å². The minimum Gasteiger partial charge on any atom is -0.439 e. The molecular formula is C14H17N3O. The van der Waals surface area contributed by atoms with Gasteiger partial charge in [0.25, 0.3) is 0 Å². The highest BCUT2D eigenvalue weighted by molar-refractivity contribution is 5.40. The monoisotopic (exact) mass is 243 g/mol. The number of hydrogen-bond acceptors (Lipinski definition) is 4. The molecule has 2 rings (SSSR count). The van der Waals surface area contributed by atoms with Gasteiger partial charge in [-0.1, -0.05) is 26.0 Å². The first-order valence-electron chi connectivity index (χ1n) is 5.93. The van der Waals surface area contributed by atoms with Crippen LogP contribution in [0.15, 0.2) is 30.5 Å². The van der Waals surface area contributed by atoms with E-state index < -0.39 is 0 Å². The van der Waals surface area contributed by atoms with Gasteiger partial charge < -0.3 is 10.5 Å². The summed E-state index contributed by atoms with van der Waals surface area (Å²) < 4.78 is 5.75. The maximum Gasteiger partial charge on any atom is 0.224 e. The molecule has 4 nitrogen and oxygen atoms in total. The van der Waals surface area contributed by atoms with Crippen LogP contribution in [0.25, 0.3) is 0 Å². The van der Waals surface area contributed by atoms with Gasteiger partial charge in [0.1, 0.15) is 5.75 Å². The van der Waals surface area contributed by atoms with Crippen LogP contribution in [0.5, 0.6) is 11.6 Å². The fourth-order valence-corrected chi connectivity index (χ4v) is 1.61. The number of nitrogens with two attached hydrogens (primary N) is 1. The predicted molar refractivity (Wildman–Crippen MR) is 71.8 cm³/mol. The van der Waals surface area contributed by atoms with Crippen LogP contribution in [0.3, 0.4) is 0 Å². The minimum absolute atomic E-state index is 0.213. The van der Waals surface area contributed by atoms with Crippen LogP contribution in [0.4, 0.5) is 5.95 Å². The van der Waals surface area contributed by atoms with E-state index in [4.69, 9.17) is 10.5 Å². The van der Waals surface area contributed by atoms with Crippen molar-refractivity contribution in [3.8, 4) is 11.6 Å². The van der Waals surface area contributed by atoms with Crippen LogP contribution in [0, 0.1) is 6.92 Å². The lowest BCUT2D eigenvalue weighted by atomic mass is 10.0. The number of nitrogen functional groups attached to an aromatic ring is 1. The Kier molecular flexibility index (Phi) is 3.46. The molecule has 0 unspecified atom stereocenters. The third kappa shape index (κ3) is 2.77. The Morgan fingerprint density at radius 1 is 1.22 bits per heavy atom. The molecule has 0 amide bonds. The van der Waals surface area contributed by atoms with Crippen LogP contribution in [0.2, 0.25) is 0 Å². The number of benzene rings is 1. The number of ether oxygens (including phenoxy) is 1. The lowest BCUT2D eigenvalue weighted by molar-refractivity contribution is 0.458. The molecule has 18 heavy (non-hydrogen) atoms. The second kappa shape index (κ2) is 5.04. The summed E-state index contributed by atoms with van der Waals surface area (Å²) in [5.74, 6) is 1.94. The Bertz CT molecular complexity index is 552. The fourth-order valence-electron chi connectivity index (χ4n) is 1.61. The van der Waals surface area contributed by atoms with Crippen molar-refractivity contribution in [1.82, 2.24) is 9.97 Å². The largest absolute Gasteiger partial charge is 0.439 e. The highest BCUT2D eigenvalue weighted by atomic mass is 16.5. The highest BCUT2D eigenvalue weighted by Crippen LogP contribution is 2.27. The second-order valence-electron chi connectivity index (χ2n) is 4.53. The smallest absolute Gasteiger partial charge is 0.224 e. The Balaban J connectivity index is 2.30. The average Bonchev–Trinajstić information content (AvgIpc) is 2.31. The molecule has 1 heterocycles. The Morgan fingerprint density at radius 2 is 2.00 bits per heavy atom. The second-order valence-corrected chi connectivity index (χ2v) is 4.53. The van der Waals surface area contributed by atoms with Gasteiger partial charge in [0.2, 0.25) is 11.8 Å². The molecule has 1 aromatic heterocycles. The predicted octanol–water partition coefficient (Wildman–Crippen LogP) is 3.28. The molecular weight excluding hydrogens is 226 g/mol. The summed E-state index contributed by atoms with van der Waals surface area (Å²) in [4.78, 5) is 7.86. The molecule has 0 atom stereocenters. The summed E-state index contributed by atoms with van der Waals surface area (Å²) in [5.41, 5.74) is 7.83. The number of hydrogen-bond donors (Lipinski definition) is 1. The molecule has 1 aromatic carbocycles. The van der Waals surface area contributed by atoms with Gasteiger partial charge in [0.05, 0.1) is 0 Å². The summed E-state index contributed by atoms with van der Waals surface area (Å²) in [6, 6.07) is 7.90. The van der Waals surface area contributed by atoms with Gasteiger partial charge in [0, 0.05) is 12.3 Å². The van der Waals surface area contributed by atoms with E-state index in [1.165, 1.54) is 5.56 Å². The maximum absolute atomic E-state index is 5.75. The Morgan fingerprint density at radius 3 is 2.67 bits per heavy atom. The van der Waals surface area contributed by atoms with E-state index in [2.05, 4.69) is 35.9 Å². The summed E-state index contributed by atoms with van der Waals surface area (Å²) >= 11 is 0. The summed E-state index contributed by atoms with van der Waals surface area (Å²) in [7, 11) is 0. The molecule has 0 bridgehead atoms. The molecule has 2 aromatic rings. The van der Waals surface area contributed by atoms with Gasteiger partial charge in [-0.2, -0.15) is 4.98 Å². The van der Waals surface area contributed by atoms with E-state index in [1.54, 1.807) is 12.3 Å². The average molecular weight is 243 g/mol. The molecule has 0 spiro atoms. The molecule has 0 fully saturated rings.